The first-order valence-corrected chi connectivity index (χ1v) is 10.5. The molecule has 0 bridgehead atoms. The van der Waals surface area contributed by atoms with Crippen LogP contribution >= 0.6 is 11.6 Å². The van der Waals surface area contributed by atoms with Gasteiger partial charge in [0.05, 0.1) is 40.1 Å². The molecule has 12 heteroatoms. The Kier molecular flexibility index (Phi) is 6.56. The second-order valence-corrected chi connectivity index (χ2v) is 8.63. The van der Waals surface area contributed by atoms with Gasteiger partial charge in [0.25, 0.3) is 0 Å². The van der Waals surface area contributed by atoms with Crippen LogP contribution in [0, 0.1) is 0 Å². The Morgan fingerprint density at radius 3 is 2.33 bits per heavy atom. The van der Waals surface area contributed by atoms with Crippen LogP contribution in [0.2, 0.25) is 5.02 Å². The number of hydrogen-bond donors (Lipinski definition) is 2. The van der Waals surface area contributed by atoms with Gasteiger partial charge in [0.2, 0.25) is 10.0 Å². The number of nitrogens with one attached hydrogen (secondary N) is 2. The van der Waals surface area contributed by atoms with E-state index in [1.165, 1.54) is 28.6 Å². The maximum atomic E-state index is 13.1. The Morgan fingerprint density at radius 1 is 1.03 bits per heavy atom. The van der Waals surface area contributed by atoms with E-state index in [0.717, 1.165) is 18.2 Å². The predicted octanol–water partition coefficient (Wildman–Crippen LogP) is 4.02. The van der Waals surface area contributed by atoms with Gasteiger partial charge >= 0.3 is 12.2 Å². The summed E-state index contributed by atoms with van der Waals surface area (Å²) in [6.45, 7) is 0.892. The van der Waals surface area contributed by atoms with Gasteiger partial charge in [-0.1, -0.05) is 23.7 Å². The Bertz CT molecular complexity index is 1040. The number of anilines is 2. The van der Waals surface area contributed by atoms with E-state index in [4.69, 9.17) is 16.3 Å². The number of nitrogens with zero attached hydrogens (tertiary/aromatic N) is 1. The molecule has 0 radical (unpaired) electrons. The van der Waals surface area contributed by atoms with Gasteiger partial charge in [0, 0.05) is 13.1 Å². The highest BCUT2D eigenvalue weighted by molar-refractivity contribution is 7.89. The first-order valence-electron chi connectivity index (χ1n) is 8.71. The molecule has 30 heavy (non-hydrogen) atoms. The lowest BCUT2D eigenvalue weighted by molar-refractivity contribution is -0.136. The van der Waals surface area contributed by atoms with Crippen molar-refractivity contribution in [3.63, 3.8) is 0 Å². The van der Waals surface area contributed by atoms with Gasteiger partial charge in [0.15, 0.2) is 0 Å². The number of carbonyl (C=O) groups excluding carboxylic acids is 1. The van der Waals surface area contributed by atoms with Crippen LogP contribution in [0.3, 0.4) is 0 Å². The van der Waals surface area contributed by atoms with Crippen LogP contribution in [0.5, 0.6) is 0 Å². The summed E-state index contributed by atoms with van der Waals surface area (Å²) in [6, 6.07) is 7.19. The first-order chi connectivity index (χ1) is 14.1. The fourth-order valence-corrected chi connectivity index (χ4v) is 4.41. The monoisotopic (exact) mass is 463 g/mol. The number of benzene rings is 2. The fourth-order valence-electron chi connectivity index (χ4n) is 2.81. The highest BCUT2D eigenvalue weighted by atomic mass is 35.5. The van der Waals surface area contributed by atoms with Crippen LogP contribution in [-0.2, 0) is 20.9 Å². The summed E-state index contributed by atoms with van der Waals surface area (Å²) in [6.07, 6.45) is -4.66. The van der Waals surface area contributed by atoms with E-state index >= 15 is 0 Å². The topological polar surface area (TPSA) is 87.7 Å². The number of sulfonamides is 1. The Hall–Kier alpha value is -2.34. The molecule has 0 aliphatic carbocycles. The van der Waals surface area contributed by atoms with E-state index in [2.05, 4.69) is 10.6 Å². The Balaban J connectivity index is 1.81. The van der Waals surface area contributed by atoms with E-state index in [1.54, 1.807) is 0 Å². The molecule has 162 valence electrons. The molecule has 3 rings (SSSR count). The lowest BCUT2D eigenvalue weighted by atomic mass is 10.1. The number of hydrogen-bond acceptors (Lipinski definition) is 4. The third-order valence-corrected chi connectivity index (χ3v) is 6.50. The van der Waals surface area contributed by atoms with E-state index in [-0.39, 0.29) is 41.9 Å². The summed E-state index contributed by atoms with van der Waals surface area (Å²) < 4.78 is 71.1. The molecular formula is C18H17ClF3N3O4S. The molecule has 2 amide bonds. The van der Waals surface area contributed by atoms with E-state index in [9.17, 15) is 26.4 Å². The second-order valence-electron chi connectivity index (χ2n) is 6.28. The van der Waals surface area contributed by atoms with Crippen molar-refractivity contribution in [1.82, 2.24) is 4.31 Å². The molecule has 2 aromatic carbocycles. The van der Waals surface area contributed by atoms with Crippen molar-refractivity contribution in [2.75, 3.05) is 36.9 Å². The molecule has 1 aliphatic heterocycles. The lowest BCUT2D eigenvalue weighted by Crippen LogP contribution is -2.40. The minimum absolute atomic E-state index is 0.0233. The van der Waals surface area contributed by atoms with Gasteiger partial charge in [-0.25, -0.2) is 13.2 Å². The van der Waals surface area contributed by atoms with Gasteiger partial charge in [0.1, 0.15) is 0 Å². The number of ether oxygens (including phenoxy) is 1. The molecule has 2 aromatic rings. The van der Waals surface area contributed by atoms with Gasteiger partial charge in [-0.15, -0.1) is 0 Å². The van der Waals surface area contributed by atoms with Crippen molar-refractivity contribution in [2.45, 2.75) is 11.1 Å². The fraction of sp³-hybridized carbons (Fsp3) is 0.278. The van der Waals surface area contributed by atoms with Crippen molar-refractivity contribution in [3.8, 4) is 0 Å². The normalized spacial score (nSPS) is 15.6. The molecule has 1 heterocycles. The number of para-hydroxylation sites is 1. The third kappa shape index (κ3) is 5.04. The summed E-state index contributed by atoms with van der Waals surface area (Å²) in [4.78, 5) is 12.1. The van der Waals surface area contributed by atoms with Crippen molar-refractivity contribution < 1.29 is 31.1 Å². The number of morpholine rings is 1. The van der Waals surface area contributed by atoms with E-state index in [0.29, 0.717) is 0 Å². The van der Waals surface area contributed by atoms with Gasteiger partial charge < -0.3 is 15.4 Å². The number of carbonyl (C=O) groups is 1. The number of rotatable bonds is 4. The maximum Gasteiger partial charge on any atom is 0.418 e. The highest BCUT2D eigenvalue weighted by Crippen LogP contribution is 2.35. The zero-order valence-corrected chi connectivity index (χ0v) is 16.9. The largest absolute Gasteiger partial charge is 0.418 e. The molecule has 1 aliphatic rings. The van der Waals surface area contributed by atoms with Gasteiger partial charge in [-0.2, -0.15) is 17.5 Å². The molecule has 0 atom stereocenters. The molecule has 1 saturated heterocycles. The van der Waals surface area contributed by atoms with E-state index in [1.807, 2.05) is 0 Å². The summed E-state index contributed by atoms with van der Waals surface area (Å²) in [5.74, 6) is 0. The number of urea groups is 1. The van der Waals surface area contributed by atoms with Gasteiger partial charge in [-0.3, -0.25) is 0 Å². The van der Waals surface area contributed by atoms with Gasteiger partial charge in [-0.05, 0) is 30.3 Å². The summed E-state index contributed by atoms with van der Waals surface area (Å²) in [5, 5.41) is 4.43. The lowest BCUT2D eigenvalue weighted by Gasteiger charge is -2.26. The minimum atomic E-state index is -4.66. The highest BCUT2D eigenvalue weighted by Gasteiger charge is 2.33. The first kappa shape index (κ1) is 22.3. The van der Waals surface area contributed by atoms with Crippen LogP contribution in [0.15, 0.2) is 47.4 Å². The predicted molar refractivity (Wildman–Crippen MR) is 105 cm³/mol. The SMILES string of the molecule is O=C(Nc1cc(S(=O)(=O)N2CCOCC2)ccc1Cl)Nc1ccccc1C(F)(F)F. The molecule has 0 spiro atoms. The summed E-state index contributed by atoms with van der Waals surface area (Å²) in [7, 11) is -3.85. The zero-order chi connectivity index (χ0) is 21.9. The smallest absolute Gasteiger partial charge is 0.379 e. The average Bonchev–Trinajstić information content (AvgIpc) is 2.70. The standard InChI is InChI=1S/C18H17ClF3N3O4S/c19-14-6-5-12(30(27,28)25-7-9-29-10-8-25)11-16(14)24-17(26)23-15-4-2-1-3-13(15)18(20,21)22/h1-6,11H,7-10H2,(H2,23,24,26). The summed E-state index contributed by atoms with van der Waals surface area (Å²) in [5.41, 5.74) is -1.53. The average molecular weight is 464 g/mol. The molecule has 2 N–H and O–H groups in total. The van der Waals surface area contributed by atoms with Crippen LogP contribution in [0.4, 0.5) is 29.3 Å². The van der Waals surface area contributed by atoms with Crippen molar-refractivity contribution >= 4 is 39.0 Å². The van der Waals surface area contributed by atoms with E-state index < -0.39 is 33.5 Å². The molecule has 0 saturated carbocycles. The van der Waals surface area contributed by atoms with Crippen LogP contribution in [0.25, 0.3) is 0 Å². The van der Waals surface area contributed by atoms with Crippen molar-refractivity contribution in [1.29, 1.82) is 0 Å². The quantitative estimate of drug-likeness (QED) is 0.716. The molecule has 7 nitrogen and oxygen atoms in total. The molecule has 0 unspecified atom stereocenters. The summed E-state index contributed by atoms with van der Waals surface area (Å²) >= 11 is 6.03. The molecular weight excluding hydrogens is 447 g/mol. The number of amides is 2. The number of halogens is 4. The maximum absolute atomic E-state index is 13.1. The van der Waals surface area contributed by atoms with Crippen molar-refractivity contribution in [3.05, 3.63) is 53.1 Å². The number of alkyl halides is 3. The minimum Gasteiger partial charge on any atom is -0.379 e. The molecule has 0 aromatic heterocycles. The second kappa shape index (κ2) is 8.80. The Morgan fingerprint density at radius 2 is 1.67 bits per heavy atom. The van der Waals surface area contributed by atoms with Crippen LogP contribution < -0.4 is 10.6 Å². The molecule has 1 fully saturated rings. The van der Waals surface area contributed by atoms with Crippen molar-refractivity contribution in [2.24, 2.45) is 0 Å². The third-order valence-electron chi connectivity index (χ3n) is 4.27. The van der Waals surface area contributed by atoms with Crippen LogP contribution in [0.1, 0.15) is 5.56 Å². The van der Waals surface area contributed by atoms with Crippen LogP contribution in [-0.4, -0.2) is 45.1 Å². The Labute approximate surface area is 175 Å². The zero-order valence-electron chi connectivity index (χ0n) is 15.4.